The van der Waals surface area contributed by atoms with Gasteiger partial charge in [-0.25, -0.2) is 0 Å². The minimum absolute atomic E-state index is 0.328. The molecule has 1 aromatic rings. The Labute approximate surface area is 122 Å². The summed E-state index contributed by atoms with van der Waals surface area (Å²) in [5.41, 5.74) is 2.36. The Morgan fingerprint density at radius 3 is 3.00 bits per heavy atom. The molecule has 1 aliphatic heterocycles. The Morgan fingerprint density at radius 1 is 1.50 bits per heavy atom. The molecule has 0 bridgehead atoms. The van der Waals surface area contributed by atoms with Crippen LogP contribution in [0.1, 0.15) is 32.9 Å². The topological polar surface area (TPSA) is 37.4 Å². The zero-order valence-corrected chi connectivity index (χ0v) is 13.1. The van der Waals surface area contributed by atoms with Gasteiger partial charge in [0.05, 0.1) is 11.8 Å². The smallest absolute Gasteiger partial charge is 0.0772 e. The van der Waals surface area contributed by atoms with Crippen LogP contribution in [0.4, 0.5) is 5.69 Å². The van der Waals surface area contributed by atoms with Crippen LogP contribution >= 0.6 is 0 Å². The highest BCUT2D eigenvalue weighted by molar-refractivity contribution is 5.47. The van der Waals surface area contributed by atoms with Crippen molar-refractivity contribution in [3.63, 3.8) is 0 Å². The molecule has 1 saturated heterocycles. The van der Waals surface area contributed by atoms with Crippen LogP contribution in [-0.4, -0.2) is 37.3 Å². The highest BCUT2D eigenvalue weighted by Gasteiger charge is 2.26. The molecule has 4 nitrogen and oxygen atoms in total. The van der Waals surface area contributed by atoms with E-state index in [0.29, 0.717) is 18.1 Å². The van der Waals surface area contributed by atoms with Gasteiger partial charge in [-0.1, -0.05) is 20.8 Å². The number of nitrogens with zero attached hydrogens (tertiary/aromatic N) is 2. The van der Waals surface area contributed by atoms with Gasteiger partial charge in [-0.05, 0) is 24.5 Å². The van der Waals surface area contributed by atoms with Crippen LogP contribution < -0.4 is 10.2 Å². The first-order valence-corrected chi connectivity index (χ1v) is 7.56. The Bertz CT molecular complexity index is 422. The molecule has 1 fully saturated rings. The number of aromatic nitrogens is 1. The van der Waals surface area contributed by atoms with E-state index < -0.39 is 0 Å². The number of hydrogen-bond acceptors (Lipinski definition) is 4. The van der Waals surface area contributed by atoms with Crippen LogP contribution in [-0.2, 0) is 11.3 Å². The number of rotatable bonds is 5. The lowest BCUT2D eigenvalue weighted by Gasteiger charge is -2.37. The van der Waals surface area contributed by atoms with Crippen molar-refractivity contribution in [3.8, 4) is 0 Å². The second kappa shape index (κ2) is 7.04. The van der Waals surface area contributed by atoms with Crippen molar-refractivity contribution in [1.82, 2.24) is 10.3 Å². The van der Waals surface area contributed by atoms with E-state index in [1.165, 1.54) is 12.1 Å². The highest BCUT2D eigenvalue weighted by atomic mass is 16.5. The van der Waals surface area contributed by atoms with Crippen LogP contribution in [0.5, 0.6) is 0 Å². The molecule has 0 amide bonds. The molecule has 0 saturated carbocycles. The summed E-state index contributed by atoms with van der Waals surface area (Å²) < 4.78 is 5.59. The Hall–Kier alpha value is -1.13. The third kappa shape index (κ3) is 3.93. The van der Waals surface area contributed by atoms with Gasteiger partial charge in [-0.2, -0.15) is 0 Å². The van der Waals surface area contributed by atoms with E-state index in [-0.39, 0.29) is 0 Å². The molecule has 2 rings (SSSR count). The van der Waals surface area contributed by atoms with Gasteiger partial charge in [-0.15, -0.1) is 0 Å². The van der Waals surface area contributed by atoms with Crippen molar-refractivity contribution in [1.29, 1.82) is 0 Å². The summed E-state index contributed by atoms with van der Waals surface area (Å²) in [6.45, 7) is 9.47. The summed E-state index contributed by atoms with van der Waals surface area (Å²) in [6.07, 6.45) is 3.42. The first-order chi connectivity index (χ1) is 9.60. The monoisotopic (exact) mass is 277 g/mol. The number of pyridine rings is 1. The standard InChI is InChI=1S/C16H27N3O/c1-12(2)18-10-14-9-15(5-7-17-14)19-8-6-13(3)16(11-19)20-4/h5,7,9,12-13,16,18H,6,8,10-11H2,1-4H3. The van der Waals surface area contributed by atoms with Gasteiger partial charge in [0, 0.05) is 44.7 Å². The van der Waals surface area contributed by atoms with Crippen LogP contribution in [0.25, 0.3) is 0 Å². The molecule has 112 valence electrons. The predicted molar refractivity (Wildman–Crippen MR) is 83.0 cm³/mol. The molecule has 2 unspecified atom stereocenters. The van der Waals surface area contributed by atoms with Crippen molar-refractivity contribution >= 4 is 5.69 Å². The van der Waals surface area contributed by atoms with E-state index >= 15 is 0 Å². The molecule has 0 radical (unpaired) electrons. The van der Waals surface area contributed by atoms with Crippen molar-refractivity contribution < 1.29 is 4.74 Å². The van der Waals surface area contributed by atoms with E-state index in [0.717, 1.165) is 25.3 Å². The molecule has 20 heavy (non-hydrogen) atoms. The molecule has 1 aromatic heterocycles. The lowest BCUT2D eigenvalue weighted by atomic mass is 9.95. The Morgan fingerprint density at radius 2 is 2.30 bits per heavy atom. The second-order valence-corrected chi connectivity index (χ2v) is 6.03. The van der Waals surface area contributed by atoms with E-state index in [1.807, 2.05) is 13.3 Å². The fraction of sp³-hybridized carbons (Fsp3) is 0.688. The van der Waals surface area contributed by atoms with E-state index in [1.54, 1.807) is 0 Å². The van der Waals surface area contributed by atoms with Crippen molar-refractivity contribution in [2.24, 2.45) is 5.92 Å². The van der Waals surface area contributed by atoms with E-state index in [2.05, 4.69) is 48.1 Å². The zero-order valence-electron chi connectivity index (χ0n) is 13.1. The number of anilines is 1. The molecule has 1 N–H and O–H groups in total. The number of piperidine rings is 1. The molecular formula is C16H27N3O. The summed E-state index contributed by atoms with van der Waals surface area (Å²) in [4.78, 5) is 6.85. The maximum absolute atomic E-state index is 5.59. The average molecular weight is 277 g/mol. The molecule has 2 heterocycles. The lowest BCUT2D eigenvalue weighted by molar-refractivity contribution is 0.0498. The van der Waals surface area contributed by atoms with Crippen molar-refractivity contribution in [2.45, 2.75) is 45.9 Å². The van der Waals surface area contributed by atoms with Gasteiger partial charge >= 0.3 is 0 Å². The molecule has 0 spiro atoms. The van der Waals surface area contributed by atoms with Gasteiger partial charge in [-0.3, -0.25) is 4.98 Å². The van der Waals surface area contributed by atoms with Crippen molar-refractivity contribution in [2.75, 3.05) is 25.1 Å². The van der Waals surface area contributed by atoms with E-state index in [9.17, 15) is 0 Å². The third-order valence-corrected chi connectivity index (χ3v) is 4.05. The normalized spacial score (nSPS) is 23.4. The predicted octanol–water partition coefficient (Wildman–Crippen LogP) is 2.44. The number of hydrogen-bond donors (Lipinski definition) is 1. The SMILES string of the molecule is COC1CN(c2ccnc(CNC(C)C)c2)CCC1C. The molecule has 0 aliphatic carbocycles. The molecular weight excluding hydrogens is 250 g/mol. The largest absolute Gasteiger partial charge is 0.379 e. The number of nitrogens with one attached hydrogen (secondary N) is 1. The van der Waals surface area contributed by atoms with Crippen LogP contribution in [0.3, 0.4) is 0 Å². The Kier molecular flexibility index (Phi) is 5.38. The first kappa shape index (κ1) is 15.3. The number of ether oxygens (including phenoxy) is 1. The minimum atomic E-state index is 0.328. The van der Waals surface area contributed by atoms with Crippen molar-refractivity contribution in [3.05, 3.63) is 24.0 Å². The van der Waals surface area contributed by atoms with Gasteiger partial charge in [0.25, 0.3) is 0 Å². The molecule has 0 aromatic carbocycles. The first-order valence-electron chi connectivity index (χ1n) is 7.56. The van der Waals surface area contributed by atoms with E-state index in [4.69, 9.17) is 4.74 Å². The summed E-state index contributed by atoms with van der Waals surface area (Å²) in [5.74, 6) is 0.639. The lowest BCUT2D eigenvalue weighted by Crippen LogP contribution is -2.44. The zero-order chi connectivity index (χ0) is 14.5. The van der Waals surface area contributed by atoms with Gasteiger partial charge in [0.1, 0.15) is 0 Å². The van der Waals surface area contributed by atoms with Gasteiger partial charge in [0.2, 0.25) is 0 Å². The van der Waals surface area contributed by atoms with Gasteiger partial charge < -0.3 is 15.0 Å². The van der Waals surface area contributed by atoms with Crippen LogP contribution in [0, 0.1) is 5.92 Å². The average Bonchev–Trinajstić information content (AvgIpc) is 2.46. The molecule has 2 atom stereocenters. The van der Waals surface area contributed by atoms with Crippen LogP contribution in [0.15, 0.2) is 18.3 Å². The summed E-state index contributed by atoms with van der Waals surface area (Å²) in [6, 6.07) is 4.77. The highest BCUT2D eigenvalue weighted by Crippen LogP contribution is 2.24. The summed E-state index contributed by atoms with van der Waals surface area (Å²) in [7, 11) is 1.81. The van der Waals surface area contributed by atoms with Crippen LogP contribution in [0.2, 0.25) is 0 Å². The fourth-order valence-electron chi connectivity index (χ4n) is 2.64. The third-order valence-electron chi connectivity index (χ3n) is 4.05. The minimum Gasteiger partial charge on any atom is -0.379 e. The Balaban J connectivity index is 2.03. The maximum Gasteiger partial charge on any atom is 0.0772 e. The second-order valence-electron chi connectivity index (χ2n) is 6.03. The van der Waals surface area contributed by atoms with Gasteiger partial charge in [0.15, 0.2) is 0 Å². The fourth-order valence-corrected chi connectivity index (χ4v) is 2.64. The maximum atomic E-state index is 5.59. The molecule has 4 heteroatoms. The quantitative estimate of drug-likeness (QED) is 0.897. The number of methoxy groups -OCH3 is 1. The summed E-state index contributed by atoms with van der Waals surface area (Å²) in [5, 5.41) is 3.41. The summed E-state index contributed by atoms with van der Waals surface area (Å²) >= 11 is 0. The molecule has 1 aliphatic rings.